The summed E-state index contributed by atoms with van der Waals surface area (Å²) in [5.74, 6) is 0.716. The largest absolute Gasteiger partial charge is 0.480 e. The summed E-state index contributed by atoms with van der Waals surface area (Å²) in [5, 5.41) is 2.98. The summed E-state index contributed by atoms with van der Waals surface area (Å²) in [6, 6.07) is 16.2. The Hall–Kier alpha value is -2.49. The number of likely N-dealkylation sites (N-methyl/N-ethyl adjacent to an activating group) is 1. The Bertz CT molecular complexity index is 686. The number of nitrogens with zero attached hydrogens (tertiary/aromatic N) is 1. The van der Waals surface area contributed by atoms with E-state index in [9.17, 15) is 4.79 Å². The van der Waals surface area contributed by atoms with E-state index in [1.165, 1.54) is 0 Å². The van der Waals surface area contributed by atoms with Gasteiger partial charge in [-0.1, -0.05) is 37.3 Å². The Morgan fingerprint density at radius 3 is 2.56 bits per heavy atom. The first-order chi connectivity index (χ1) is 12.0. The average Bonchev–Trinajstić information content (AvgIpc) is 2.62. The molecule has 4 nitrogen and oxygen atoms in total. The van der Waals surface area contributed by atoms with Crippen LogP contribution in [-0.2, 0) is 4.79 Å². The topological polar surface area (TPSA) is 41.6 Å². The van der Waals surface area contributed by atoms with Crippen molar-refractivity contribution in [3.05, 3.63) is 59.7 Å². The molecule has 0 heterocycles. The van der Waals surface area contributed by atoms with Crippen LogP contribution in [0.5, 0.6) is 5.75 Å². The summed E-state index contributed by atoms with van der Waals surface area (Å²) in [4.78, 5) is 14.6. The number of amides is 1. The number of carbonyl (C=O) groups is 1. The molecule has 2 rings (SSSR count). The van der Waals surface area contributed by atoms with Gasteiger partial charge >= 0.3 is 0 Å². The highest BCUT2D eigenvalue weighted by molar-refractivity contribution is 5.81. The number of rotatable bonds is 8. The first-order valence-electron chi connectivity index (χ1n) is 8.79. The molecule has 0 unspecified atom stereocenters. The Kier molecular flexibility index (Phi) is 6.87. The second kappa shape index (κ2) is 9.11. The van der Waals surface area contributed by atoms with Crippen molar-refractivity contribution in [3.8, 4) is 5.75 Å². The molecule has 134 valence electrons. The van der Waals surface area contributed by atoms with Gasteiger partial charge < -0.3 is 15.0 Å². The van der Waals surface area contributed by atoms with Crippen molar-refractivity contribution in [2.75, 3.05) is 25.0 Å². The fourth-order valence-electron chi connectivity index (χ4n) is 2.58. The van der Waals surface area contributed by atoms with E-state index in [0.717, 1.165) is 29.1 Å². The molecule has 0 spiro atoms. The highest BCUT2D eigenvalue weighted by atomic mass is 16.5. The van der Waals surface area contributed by atoms with Gasteiger partial charge in [0, 0.05) is 25.8 Å². The normalized spacial score (nSPS) is 11.7. The van der Waals surface area contributed by atoms with Crippen LogP contribution in [0.1, 0.15) is 24.5 Å². The van der Waals surface area contributed by atoms with Crippen molar-refractivity contribution in [2.45, 2.75) is 33.3 Å². The van der Waals surface area contributed by atoms with Crippen molar-refractivity contribution in [3.63, 3.8) is 0 Å². The summed E-state index contributed by atoms with van der Waals surface area (Å²) in [6.45, 7) is 7.30. The molecule has 0 aliphatic rings. The van der Waals surface area contributed by atoms with Crippen LogP contribution in [0.4, 0.5) is 5.69 Å². The number of anilines is 1. The zero-order valence-corrected chi connectivity index (χ0v) is 15.6. The van der Waals surface area contributed by atoms with Crippen LogP contribution >= 0.6 is 0 Å². The van der Waals surface area contributed by atoms with Crippen LogP contribution in [0.25, 0.3) is 0 Å². The molecule has 0 saturated carbocycles. The number of ether oxygens (including phenoxy) is 1. The average molecular weight is 340 g/mol. The van der Waals surface area contributed by atoms with E-state index in [0.29, 0.717) is 13.0 Å². The Morgan fingerprint density at radius 2 is 1.88 bits per heavy atom. The summed E-state index contributed by atoms with van der Waals surface area (Å²) in [7, 11) is 2.02. The van der Waals surface area contributed by atoms with E-state index in [-0.39, 0.29) is 5.91 Å². The van der Waals surface area contributed by atoms with Crippen LogP contribution in [0.2, 0.25) is 0 Å². The lowest BCUT2D eigenvalue weighted by molar-refractivity contribution is -0.128. The number of para-hydroxylation sites is 1. The molecule has 0 aromatic heterocycles. The zero-order valence-electron chi connectivity index (χ0n) is 15.6. The molecule has 0 bridgehead atoms. The van der Waals surface area contributed by atoms with Crippen molar-refractivity contribution < 1.29 is 9.53 Å². The van der Waals surface area contributed by atoms with Gasteiger partial charge in [-0.3, -0.25) is 4.79 Å². The molecule has 1 amide bonds. The zero-order chi connectivity index (χ0) is 18.2. The van der Waals surface area contributed by atoms with Gasteiger partial charge in [0.05, 0.1) is 0 Å². The maximum atomic E-state index is 12.4. The van der Waals surface area contributed by atoms with Crippen LogP contribution in [-0.4, -0.2) is 32.1 Å². The van der Waals surface area contributed by atoms with Gasteiger partial charge in [0.1, 0.15) is 5.75 Å². The molecule has 4 heteroatoms. The van der Waals surface area contributed by atoms with E-state index in [1.54, 1.807) is 0 Å². The number of nitrogens with one attached hydrogen (secondary N) is 1. The molecular weight excluding hydrogens is 312 g/mol. The second-order valence-corrected chi connectivity index (χ2v) is 6.33. The van der Waals surface area contributed by atoms with Gasteiger partial charge in [-0.15, -0.1) is 0 Å². The monoisotopic (exact) mass is 340 g/mol. The van der Waals surface area contributed by atoms with Crippen molar-refractivity contribution >= 4 is 11.6 Å². The third kappa shape index (κ3) is 5.52. The molecule has 0 saturated heterocycles. The first-order valence-corrected chi connectivity index (χ1v) is 8.79. The van der Waals surface area contributed by atoms with E-state index in [2.05, 4.69) is 22.3 Å². The minimum absolute atomic E-state index is 0.0649. The Morgan fingerprint density at radius 1 is 1.16 bits per heavy atom. The molecule has 2 aromatic carbocycles. The molecule has 25 heavy (non-hydrogen) atoms. The third-order valence-corrected chi connectivity index (χ3v) is 4.22. The summed E-state index contributed by atoms with van der Waals surface area (Å²) < 4.78 is 5.95. The third-order valence-electron chi connectivity index (χ3n) is 4.22. The van der Waals surface area contributed by atoms with Crippen molar-refractivity contribution in [1.29, 1.82) is 0 Å². The van der Waals surface area contributed by atoms with E-state index < -0.39 is 6.10 Å². The summed E-state index contributed by atoms with van der Waals surface area (Å²) in [6.07, 6.45) is 0.163. The first kappa shape index (κ1) is 18.8. The molecule has 0 aliphatic carbocycles. The smallest absolute Gasteiger partial charge is 0.261 e. The number of hydrogen-bond donors (Lipinski definition) is 1. The standard InChI is InChI=1S/C21H28N2O2/c1-5-19(25-20-15-16(2)11-12-17(20)3)21(24)22-13-14-23(4)18-9-7-6-8-10-18/h6-12,15,19H,5,13-14H2,1-4H3,(H,22,24)/t19-/m0/s1. The van der Waals surface area contributed by atoms with E-state index in [1.807, 2.05) is 64.2 Å². The minimum Gasteiger partial charge on any atom is -0.480 e. The predicted molar refractivity (Wildman–Crippen MR) is 103 cm³/mol. The fourth-order valence-corrected chi connectivity index (χ4v) is 2.58. The van der Waals surface area contributed by atoms with Gasteiger partial charge in [-0.25, -0.2) is 0 Å². The Balaban J connectivity index is 1.86. The minimum atomic E-state index is -0.470. The number of carbonyl (C=O) groups excluding carboxylic acids is 1. The molecule has 0 radical (unpaired) electrons. The molecule has 1 N–H and O–H groups in total. The van der Waals surface area contributed by atoms with Gasteiger partial charge in [0.15, 0.2) is 6.10 Å². The SMILES string of the molecule is CC[C@H](Oc1cc(C)ccc1C)C(=O)NCCN(C)c1ccccc1. The highest BCUT2D eigenvalue weighted by Crippen LogP contribution is 2.21. The summed E-state index contributed by atoms with van der Waals surface area (Å²) >= 11 is 0. The number of aryl methyl sites for hydroxylation is 2. The lowest BCUT2D eigenvalue weighted by Gasteiger charge is -2.22. The van der Waals surface area contributed by atoms with E-state index in [4.69, 9.17) is 4.74 Å². The maximum Gasteiger partial charge on any atom is 0.261 e. The van der Waals surface area contributed by atoms with Crippen molar-refractivity contribution in [2.24, 2.45) is 0 Å². The molecule has 2 aromatic rings. The molecule has 1 atom stereocenters. The predicted octanol–water partition coefficient (Wildman–Crippen LogP) is 3.71. The van der Waals surface area contributed by atoms with Gasteiger partial charge in [-0.05, 0) is 49.6 Å². The van der Waals surface area contributed by atoms with Crippen LogP contribution in [0.3, 0.4) is 0 Å². The van der Waals surface area contributed by atoms with Gasteiger partial charge in [-0.2, -0.15) is 0 Å². The number of hydrogen-bond acceptors (Lipinski definition) is 3. The van der Waals surface area contributed by atoms with Gasteiger partial charge in [0.2, 0.25) is 0 Å². The maximum absolute atomic E-state index is 12.4. The molecular formula is C21H28N2O2. The molecule has 0 aliphatic heterocycles. The van der Waals surface area contributed by atoms with Crippen molar-refractivity contribution in [1.82, 2.24) is 5.32 Å². The fraction of sp³-hybridized carbons (Fsp3) is 0.381. The van der Waals surface area contributed by atoms with Crippen LogP contribution < -0.4 is 15.0 Å². The van der Waals surface area contributed by atoms with E-state index >= 15 is 0 Å². The van der Waals surface area contributed by atoms with Crippen LogP contribution in [0.15, 0.2) is 48.5 Å². The lowest BCUT2D eigenvalue weighted by atomic mass is 10.1. The quantitative estimate of drug-likeness (QED) is 0.796. The lowest BCUT2D eigenvalue weighted by Crippen LogP contribution is -2.41. The van der Waals surface area contributed by atoms with Gasteiger partial charge in [0.25, 0.3) is 5.91 Å². The summed E-state index contributed by atoms with van der Waals surface area (Å²) in [5.41, 5.74) is 3.30. The van der Waals surface area contributed by atoms with Crippen LogP contribution in [0, 0.1) is 13.8 Å². The molecule has 0 fully saturated rings. The second-order valence-electron chi connectivity index (χ2n) is 6.33. The Labute approximate surface area is 150 Å². The number of benzene rings is 2. The highest BCUT2D eigenvalue weighted by Gasteiger charge is 2.19.